The lowest BCUT2D eigenvalue weighted by Crippen LogP contribution is -2.01. The number of fused-ring (bicyclic) bond motifs is 5. The van der Waals surface area contributed by atoms with Gasteiger partial charge in [-0.2, -0.15) is 0 Å². The number of anilines is 1. The molecule has 5 rings (SSSR count). The first-order valence-electron chi connectivity index (χ1n) is 12.0. The van der Waals surface area contributed by atoms with Gasteiger partial charge in [-0.1, -0.05) is 76.8 Å². The molecule has 1 aliphatic rings. The van der Waals surface area contributed by atoms with Crippen LogP contribution in [-0.2, 0) is 6.42 Å². The molecule has 0 unspecified atom stereocenters. The molecule has 0 fully saturated rings. The monoisotopic (exact) mass is 455 g/mol. The maximum Gasteiger partial charge on any atom is 0.111 e. The molecule has 0 bridgehead atoms. The van der Waals surface area contributed by atoms with Gasteiger partial charge in [-0.3, -0.25) is 14.4 Å². The minimum Gasteiger partial charge on any atom is -0.360 e. The van der Waals surface area contributed by atoms with Crippen LogP contribution >= 0.6 is 0 Å². The summed E-state index contributed by atoms with van der Waals surface area (Å²) in [7, 11) is 0. The van der Waals surface area contributed by atoms with Gasteiger partial charge < -0.3 is 5.32 Å². The van der Waals surface area contributed by atoms with E-state index in [2.05, 4.69) is 75.7 Å². The van der Waals surface area contributed by atoms with Crippen LogP contribution in [0.1, 0.15) is 56.9 Å². The third kappa shape index (κ3) is 5.98. The highest BCUT2D eigenvalue weighted by Crippen LogP contribution is 2.36. The van der Waals surface area contributed by atoms with Gasteiger partial charge in [-0.15, -0.1) is 0 Å². The molecule has 1 N–H and O–H groups in total. The number of benzene rings is 1. The summed E-state index contributed by atoms with van der Waals surface area (Å²) in [5, 5.41) is 4.53. The molecule has 34 heavy (non-hydrogen) atoms. The van der Waals surface area contributed by atoms with Crippen LogP contribution in [0, 0.1) is 13.8 Å². The molecule has 3 aromatic heterocycles. The minimum atomic E-state index is 0.903. The zero-order chi connectivity index (χ0) is 24.9. The average Bonchev–Trinajstić information content (AvgIpc) is 3.15. The number of para-hydroxylation sites is 1. The Morgan fingerprint density at radius 2 is 1.76 bits per heavy atom. The molecule has 0 amide bonds. The van der Waals surface area contributed by atoms with Crippen LogP contribution < -0.4 is 5.32 Å². The maximum absolute atomic E-state index is 4.80. The number of aryl methyl sites for hydroxylation is 2. The van der Waals surface area contributed by atoms with E-state index in [1.54, 1.807) is 24.8 Å². The third-order valence-corrected chi connectivity index (χ3v) is 5.05. The van der Waals surface area contributed by atoms with Crippen LogP contribution in [0.3, 0.4) is 0 Å². The fraction of sp³-hybridized carbons (Fsp3) is 0.276. The number of hydrogen-bond donors (Lipinski definition) is 1. The van der Waals surface area contributed by atoms with Gasteiger partial charge in [0, 0.05) is 41.7 Å². The lowest BCUT2D eigenvalue weighted by atomic mass is 10.1. The topological polar surface area (TPSA) is 55.1 Å². The van der Waals surface area contributed by atoms with E-state index < -0.39 is 0 Å². The largest absolute Gasteiger partial charge is 0.360 e. The molecule has 5 nitrogen and oxygen atoms in total. The van der Waals surface area contributed by atoms with Gasteiger partial charge in [0.15, 0.2) is 0 Å². The zero-order valence-corrected chi connectivity index (χ0v) is 21.3. The Morgan fingerprint density at radius 1 is 1.00 bits per heavy atom. The SMILES string of the molecule is C=CNc1c2c(n3c(C)nc4ccccc4c13)CC=CC/C=C\2.CC.CC.Cc1cnccn1. The number of rotatable bonds is 2. The highest BCUT2D eigenvalue weighted by molar-refractivity contribution is 6.04. The number of aromatic nitrogens is 4. The Labute approximate surface area is 204 Å². The molecule has 0 radical (unpaired) electrons. The summed E-state index contributed by atoms with van der Waals surface area (Å²) < 4.78 is 2.28. The van der Waals surface area contributed by atoms with Gasteiger partial charge in [-0.25, -0.2) is 4.98 Å². The van der Waals surface area contributed by atoms with Crippen LogP contribution in [0.25, 0.3) is 22.5 Å². The van der Waals surface area contributed by atoms with E-state index >= 15 is 0 Å². The minimum absolute atomic E-state index is 0.903. The summed E-state index contributed by atoms with van der Waals surface area (Å²) >= 11 is 0. The number of allylic oxidation sites excluding steroid dienone is 3. The summed E-state index contributed by atoms with van der Waals surface area (Å²) in [5.74, 6) is 1.01. The average molecular weight is 456 g/mol. The van der Waals surface area contributed by atoms with Crippen molar-refractivity contribution in [3.63, 3.8) is 0 Å². The van der Waals surface area contributed by atoms with E-state index in [9.17, 15) is 0 Å². The van der Waals surface area contributed by atoms with Crippen molar-refractivity contribution in [1.82, 2.24) is 19.4 Å². The number of hydrogen-bond acceptors (Lipinski definition) is 4. The summed E-state index contributed by atoms with van der Waals surface area (Å²) in [6, 6.07) is 8.31. The Balaban J connectivity index is 0.000000313. The molecular formula is C29H37N5. The molecule has 0 spiro atoms. The van der Waals surface area contributed by atoms with Crippen LogP contribution in [0.2, 0.25) is 0 Å². The van der Waals surface area contributed by atoms with Gasteiger partial charge in [0.05, 0.1) is 22.4 Å². The summed E-state index contributed by atoms with van der Waals surface area (Å²) in [6.45, 7) is 15.8. The Morgan fingerprint density at radius 3 is 2.41 bits per heavy atom. The van der Waals surface area contributed by atoms with E-state index in [0.717, 1.165) is 41.0 Å². The molecule has 1 aromatic carbocycles. The van der Waals surface area contributed by atoms with E-state index in [1.807, 2.05) is 40.7 Å². The van der Waals surface area contributed by atoms with Gasteiger partial charge in [0.25, 0.3) is 0 Å². The van der Waals surface area contributed by atoms with Gasteiger partial charge in [-0.05, 0) is 32.5 Å². The van der Waals surface area contributed by atoms with E-state index in [4.69, 9.17) is 4.98 Å². The smallest absolute Gasteiger partial charge is 0.111 e. The third-order valence-electron chi connectivity index (χ3n) is 5.05. The Kier molecular flexibility index (Phi) is 10.7. The fourth-order valence-corrected chi connectivity index (χ4v) is 3.81. The lowest BCUT2D eigenvalue weighted by Gasteiger charge is -2.09. The fourth-order valence-electron chi connectivity index (χ4n) is 3.81. The highest BCUT2D eigenvalue weighted by Gasteiger charge is 2.19. The molecule has 3 heterocycles. The van der Waals surface area contributed by atoms with E-state index in [0.29, 0.717) is 0 Å². The summed E-state index contributed by atoms with van der Waals surface area (Å²) in [6.07, 6.45) is 17.5. The molecular weight excluding hydrogens is 418 g/mol. The molecule has 4 aromatic rings. The van der Waals surface area contributed by atoms with Gasteiger partial charge in [0.1, 0.15) is 5.82 Å². The van der Waals surface area contributed by atoms with Crippen molar-refractivity contribution in [3.05, 3.63) is 96.6 Å². The Hall–Kier alpha value is -3.73. The first kappa shape index (κ1) is 26.5. The standard InChI is InChI=1S/C20H19N3.C5H6N2.2C2H6/c1-3-21-19-16-11-6-4-5-7-13-18(16)23-14(2)22-17-12-9-8-10-15(17)20(19)23;1-5-4-6-2-3-7-5;2*1-2/h3,5-12,21H,1,4,13H2,2H3;2-4H,1H3;2*1-2H3/b7-5?,11-6-;;;. The van der Waals surface area contributed by atoms with Crippen molar-refractivity contribution >= 4 is 28.2 Å². The van der Waals surface area contributed by atoms with Crippen LogP contribution in [0.4, 0.5) is 5.69 Å². The second-order valence-corrected chi connectivity index (χ2v) is 7.10. The summed E-state index contributed by atoms with van der Waals surface area (Å²) in [4.78, 5) is 12.5. The normalized spacial score (nSPS) is 12.4. The van der Waals surface area contributed by atoms with Crippen molar-refractivity contribution in [3.8, 4) is 0 Å². The van der Waals surface area contributed by atoms with Crippen LogP contribution in [0.15, 0.2) is 73.9 Å². The number of nitrogens with one attached hydrogen (secondary N) is 1. The highest BCUT2D eigenvalue weighted by atomic mass is 15.0. The molecule has 0 atom stereocenters. The second kappa shape index (κ2) is 13.7. The molecule has 5 heteroatoms. The van der Waals surface area contributed by atoms with Crippen molar-refractivity contribution in [2.45, 2.75) is 54.4 Å². The first-order valence-corrected chi connectivity index (χ1v) is 12.0. The zero-order valence-electron chi connectivity index (χ0n) is 21.3. The molecule has 0 saturated heterocycles. The van der Waals surface area contributed by atoms with Crippen LogP contribution in [-0.4, -0.2) is 19.4 Å². The van der Waals surface area contributed by atoms with Crippen molar-refractivity contribution in [2.75, 3.05) is 5.32 Å². The maximum atomic E-state index is 4.80. The summed E-state index contributed by atoms with van der Waals surface area (Å²) in [5.41, 5.74) is 6.78. The van der Waals surface area contributed by atoms with Gasteiger partial charge in [0.2, 0.25) is 0 Å². The van der Waals surface area contributed by atoms with Crippen molar-refractivity contribution in [2.24, 2.45) is 0 Å². The first-order chi connectivity index (χ1) is 16.7. The predicted molar refractivity (Wildman–Crippen MR) is 147 cm³/mol. The molecule has 1 aliphatic carbocycles. The van der Waals surface area contributed by atoms with E-state index in [-0.39, 0.29) is 0 Å². The second-order valence-electron chi connectivity index (χ2n) is 7.10. The van der Waals surface area contributed by atoms with Crippen molar-refractivity contribution in [1.29, 1.82) is 0 Å². The van der Waals surface area contributed by atoms with E-state index in [1.165, 1.54) is 16.8 Å². The molecule has 178 valence electrons. The molecule has 0 aliphatic heterocycles. The molecule has 0 saturated carbocycles. The quantitative estimate of drug-likeness (QED) is 0.315. The number of nitrogens with zero attached hydrogens (tertiary/aromatic N) is 4. The van der Waals surface area contributed by atoms with Crippen LogP contribution in [0.5, 0.6) is 0 Å². The lowest BCUT2D eigenvalue weighted by molar-refractivity contribution is 0.947. The predicted octanol–water partition coefficient (Wildman–Crippen LogP) is 7.70. The van der Waals surface area contributed by atoms with Gasteiger partial charge >= 0.3 is 0 Å². The Bertz CT molecular complexity index is 1250. The van der Waals surface area contributed by atoms with Crippen molar-refractivity contribution < 1.29 is 0 Å².